The quantitative estimate of drug-likeness (QED) is 0.643. The minimum atomic E-state index is -0.606. The molecule has 0 saturated carbocycles. The molecule has 0 aliphatic rings. The summed E-state index contributed by atoms with van der Waals surface area (Å²) < 4.78 is 15.1. The number of anilines is 1. The highest BCUT2D eigenvalue weighted by molar-refractivity contribution is 7.16. The Bertz CT molecular complexity index is 828. The summed E-state index contributed by atoms with van der Waals surface area (Å²) in [6.07, 6.45) is 0.723. The van der Waals surface area contributed by atoms with Gasteiger partial charge in [0.2, 0.25) is 0 Å². The normalized spacial score (nSPS) is 10.4. The molecule has 0 aliphatic carbocycles. The lowest BCUT2D eigenvalue weighted by Crippen LogP contribution is -2.21. The molecule has 150 valence electrons. The monoisotopic (exact) mass is 405 g/mol. The Balaban J connectivity index is 1.95. The molecule has 2 aromatic rings. The van der Waals surface area contributed by atoms with Crippen LogP contribution in [0.5, 0.6) is 0 Å². The molecule has 0 unspecified atom stereocenters. The molecule has 0 radical (unpaired) electrons. The van der Waals surface area contributed by atoms with Crippen molar-refractivity contribution in [1.82, 2.24) is 0 Å². The average molecular weight is 405 g/mol. The molecule has 0 bridgehead atoms. The summed E-state index contributed by atoms with van der Waals surface area (Å²) in [6.45, 7) is 3.89. The first kappa shape index (κ1) is 21.6. The van der Waals surface area contributed by atoms with Gasteiger partial charge in [-0.2, -0.15) is 0 Å². The largest absolute Gasteiger partial charge is 0.462 e. The number of aryl methyl sites for hydroxylation is 1. The second kappa shape index (κ2) is 10.6. The van der Waals surface area contributed by atoms with Crippen LogP contribution in [0, 0.1) is 0 Å². The Hall–Kier alpha value is -2.71. The van der Waals surface area contributed by atoms with Gasteiger partial charge in [0.15, 0.2) is 6.61 Å². The molecule has 0 aliphatic heterocycles. The second-order valence-corrected chi connectivity index (χ2v) is 6.92. The van der Waals surface area contributed by atoms with Crippen molar-refractivity contribution in [1.29, 1.82) is 0 Å². The fourth-order valence-corrected chi connectivity index (χ4v) is 3.35. The zero-order chi connectivity index (χ0) is 20.5. The van der Waals surface area contributed by atoms with E-state index in [1.54, 1.807) is 44.4 Å². The molecule has 28 heavy (non-hydrogen) atoms. The number of ether oxygens (including phenoxy) is 3. The zero-order valence-electron chi connectivity index (χ0n) is 16.1. The summed E-state index contributed by atoms with van der Waals surface area (Å²) in [6, 6.07) is 8.43. The number of thiophene rings is 1. The number of amides is 1. The first-order valence-corrected chi connectivity index (χ1v) is 9.64. The number of hydrogen-bond donors (Lipinski definition) is 1. The van der Waals surface area contributed by atoms with Crippen LogP contribution < -0.4 is 5.32 Å². The average Bonchev–Trinajstić information content (AvgIpc) is 3.10. The van der Waals surface area contributed by atoms with E-state index in [0.29, 0.717) is 22.7 Å². The summed E-state index contributed by atoms with van der Waals surface area (Å²) in [7, 11) is 1.59. The van der Waals surface area contributed by atoms with Gasteiger partial charge in [-0.3, -0.25) is 4.79 Å². The van der Waals surface area contributed by atoms with Crippen LogP contribution in [0.4, 0.5) is 5.00 Å². The van der Waals surface area contributed by atoms with Crippen molar-refractivity contribution < 1.29 is 28.6 Å². The highest BCUT2D eigenvalue weighted by Gasteiger charge is 2.19. The van der Waals surface area contributed by atoms with Crippen molar-refractivity contribution in [2.75, 3.05) is 25.6 Å². The number of carbonyl (C=O) groups is 3. The van der Waals surface area contributed by atoms with Crippen molar-refractivity contribution in [3.05, 3.63) is 51.9 Å². The Labute approximate surface area is 167 Å². The molecule has 1 heterocycles. The maximum absolute atomic E-state index is 12.2. The predicted octanol–water partition coefficient (Wildman–Crippen LogP) is 3.43. The molecule has 7 nitrogen and oxygen atoms in total. The maximum atomic E-state index is 12.2. The van der Waals surface area contributed by atoms with E-state index in [0.717, 1.165) is 16.9 Å². The van der Waals surface area contributed by atoms with Gasteiger partial charge in [0.05, 0.1) is 24.3 Å². The number of methoxy groups -OCH3 is 1. The Morgan fingerprint density at radius 3 is 2.36 bits per heavy atom. The van der Waals surface area contributed by atoms with Crippen molar-refractivity contribution in [2.24, 2.45) is 0 Å². The summed E-state index contributed by atoms with van der Waals surface area (Å²) in [5.41, 5.74) is 1.56. The zero-order valence-corrected chi connectivity index (χ0v) is 16.9. The van der Waals surface area contributed by atoms with Crippen molar-refractivity contribution in [3.63, 3.8) is 0 Å². The molecule has 1 aromatic heterocycles. The number of benzene rings is 1. The lowest BCUT2D eigenvalue weighted by atomic mass is 10.1. The molecule has 0 saturated heterocycles. The van der Waals surface area contributed by atoms with Crippen LogP contribution in [-0.2, 0) is 32.0 Å². The second-order valence-electron chi connectivity index (χ2n) is 5.78. The molecular formula is C20H23NO6S. The molecule has 1 aromatic carbocycles. The first-order valence-electron chi connectivity index (χ1n) is 8.83. The summed E-state index contributed by atoms with van der Waals surface area (Å²) >= 11 is 1.29. The van der Waals surface area contributed by atoms with Crippen LogP contribution in [0.2, 0.25) is 0 Å². The molecule has 2 rings (SSSR count). The van der Waals surface area contributed by atoms with Gasteiger partial charge in [-0.1, -0.05) is 19.1 Å². The molecule has 1 amide bonds. The van der Waals surface area contributed by atoms with E-state index in [9.17, 15) is 14.4 Å². The predicted molar refractivity (Wildman–Crippen MR) is 106 cm³/mol. The summed E-state index contributed by atoms with van der Waals surface area (Å²) in [5, 5.41) is 3.01. The van der Waals surface area contributed by atoms with Gasteiger partial charge in [0, 0.05) is 12.0 Å². The van der Waals surface area contributed by atoms with Gasteiger partial charge in [-0.15, -0.1) is 11.3 Å². The Morgan fingerprint density at radius 1 is 1.04 bits per heavy atom. The van der Waals surface area contributed by atoms with E-state index in [1.807, 2.05) is 6.92 Å². The fraction of sp³-hybridized carbons (Fsp3) is 0.350. The highest BCUT2D eigenvalue weighted by atomic mass is 32.1. The molecule has 0 fully saturated rings. The van der Waals surface area contributed by atoms with Crippen LogP contribution in [0.1, 0.15) is 45.0 Å². The highest BCUT2D eigenvalue weighted by Crippen LogP contribution is 2.29. The Morgan fingerprint density at radius 2 is 1.75 bits per heavy atom. The molecule has 1 N–H and O–H groups in total. The standard InChI is InChI=1S/C20H23NO6S/c1-4-15-10-16(20(24)26-5-2)18(28-15)21-17(22)12-27-19(23)14-8-6-13(7-9-14)11-25-3/h6-10H,4-5,11-12H2,1-3H3,(H,21,22). The van der Waals surface area contributed by atoms with Crippen molar-refractivity contribution in [2.45, 2.75) is 26.9 Å². The molecule has 0 atom stereocenters. The van der Waals surface area contributed by atoms with Crippen LogP contribution in [0.3, 0.4) is 0 Å². The van der Waals surface area contributed by atoms with E-state index in [4.69, 9.17) is 14.2 Å². The van der Waals surface area contributed by atoms with Crippen LogP contribution in [0.25, 0.3) is 0 Å². The number of carbonyl (C=O) groups excluding carboxylic acids is 3. The van der Waals surface area contributed by atoms with Crippen molar-refractivity contribution >= 4 is 34.2 Å². The number of esters is 2. The van der Waals surface area contributed by atoms with Gasteiger partial charge in [0.1, 0.15) is 5.00 Å². The van der Waals surface area contributed by atoms with Crippen LogP contribution >= 0.6 is 11.3 Å². The number of hydrogen-bond acceptors (Lipinski definition) is 7. The molecule has 8 heteroatoms. The van der Waals surface area contributed by atoms with E-state index >= 15 is 0 Å². The smallest absolute Gasteiger partial charge is 0.341 e. The molecular weight excluding hydrogens is 382 g/mol. The number of rotatable bonds is 9. The third-order valence-electron chi connectivity index (χ3n) is 3.71. The Kier molecular flexibility index (Phi) is 8.16. The SMILES string of the molecule is CCOC(=O)c1cc(CC)sc1NC(=O)COC(=O)c1ccc(COC)cc1. The van der Waals surface area contributed by atoms with E-state index < -0.39 is 24.5 Å². The molecule has 0 spiro atoms. The third kappa shape index (κ3) is 5.90. The fourth-order valence-electron chi connectivity index (χ4n) is 2.35. The van der Waals surface area contributed by atoms with Crippen LogP contribution in [0.15, 0.2) is 30.3 Å². The summed E-state index contributed by atoms with van der Waals surface area (Å²) in [5.74, 6) is -1.63. The minimum absolute atomic E-state index is 0.240. The lowest BCUT2D eigenvalue weighted by molar-refractivity contribution is -0.119. The topological polar surface area (TPSA) is 90.9 Å². The number of nitrogens with one attached hydrogen (secondary N) is 1. The van der Waals surface area contributed by atoms with Crippen molar-refractivity contribution in [3.8, 4) is 0 Å². The lowest BCUT2D eigenvalue weighted by Gasteiger charge is -2.07. The van der Waals surface area contributed by atoms with Gasteiger partial charge >= 0.3 is 11.9 Å². The van der Waals surface area contributed by atoms with E-state index in [-0.39, 0.29) is 6.61 Å². The van der Waals surface area contributed by atoms with Crippen LogP contribution in [-0.4, -0.2) is 38.2 Å². The van der Waals surface area contributed by atoms with Gasteiger partial charge in [-0.25, -0.2) is 9.59 Å². The summed E-state index contributed by atoms with van der Waals surface area (Å²) in [4.78, 5) is 37.2. The maximum Gasteiger partial charge on any atom is 0.341 e. The van der Waals surface area contributed by atoms with E-state index in [1.165, 1.54) is 11.3 Å². The van der Waals surface area contributed by atoms with E-state index in [2.05, 4.69) is 5.32 Å². The minimum Gasteiger partial charge on any atom is -0.462 e. The first-order chi connectivity index (χ1) is 13.5. The third-order valence-corrected chi connectivity index (χ3v) is 4.91. The van der Waals surface area contributed by atoms with Gasteiger partial charge in [-0.05, 0) is 37.1 Å². The van der Waals surface area contributed by atoms with Gasteiger partial charge in [0.25, 0.3) is 5.91 Å². The van der Waals surface area contributed by atoms with Gasteiger partial charge < -0.3 is 19.5 Å².